The Morgan fingerprint density at radius 3 is 2.96 bits per heavy atom. The molecule has 7 nitrogen and oxygen atoms in total. The lowest BCUT2D eigenvalue weighted by Gasteiger charge is -2.33. The molecule has 1 amide bonds. The van der Waals surface area contributed by atoms with Crippen molar-refractivity contribution < 1.29 is 19.2 Å². The van der Waals surface area contributed by atoms with Crippen LogP contribution in [0.15, 0.2) is 39.5 Å². The number of carbonyl (C=O) groups excluding carboxylic acids is 1. The van der Waals surface area contributed by atoms with Gasteiger partial charge in [0, 0.05) is 22.8 Å². The van der Waals surface area contributed by atoms with E-state index in [1.54, 1.807) is 12.1 Å². The fourth-order valence-corrected chi connectivity index (χ4v) is 3.09. The van der Waals surface area contributed by atoms with Gasteiger partial charge in [0.2, 0.25) is 5.91 Å². The van der Waals surface area contributed by atoms with Crippen LogP contribution in [-0.4, -0.2) is 35.2 Å². The minimum Gasteiger partial charge on any atom is -0.481 e. The lowest BCUT2D eigenvalue weighted by atomic mass is 9.90. The molecular weight excluding hydrogens is 366 g/mol. The van der Waals surface area contributed by atoms with E-state index in [4.69, 9.17) is 0 Å². The third kappa shape index (κ3) is 3.37. The highest BCUT2D eigenvalue weighted by molar-refractivity contribution is 9.10. The van der Waals surface area contributed by atoms with Crippen molar-refractivity contribution in [3.05, 3.63) is 40.6 Å². The zero-order valence-corrected chi connectivity index (χ0v) is 13.6. The van der Waals surface area contributed by atoms with E-state index in [0.717, 1.165) is 10.2 Å². The predicted octanol–water partition coefficient (Wildman–Crippen LogP) is 2.45. The van der Waals surface area contributed by atoms with Gasteiger partial charge >= 0.3 is 5.97 Å². The van der Waals surface area contributed by atoms with Crippen LogP contribution in [0.25, 0.3) is 0 Å². The number of fused-ring (bicyclic) bond motifs is 1. The van der Waals surface area contributed by atoms with Crippen molar-refractivity contribution in [1.29, 1.82) is 0 Å². The number of halogens is 1. The summed E-state index contributed by atoms with van der Waals surface area (Å²) in [6, 6.07) is 7.03. The van der Waals surface area contributed by atoms with Gasteiger partial charge in [0.05, 0.1) is 12.5 Å². The lowest BCUT2D eigenvalue weighted by molar-refractivity contribution is -0.139. The Balaban J connectivity index is 1.80. The maximum absolute atomic E-state index is 12.1. The van der Waals surface area contributed by atoms with E-state index >= 15 is 0 Å². The highest BCUT2D eigenvalue weighted by Crippen LogP contribution is 2.37. The molecule has 120 valence electrons. The van der Waals surface area contributed by atoms with Crippen molar-refractivity contribution in [3.8, 4) is 0 Å². The summed E-state index contributed by atoms with van der Waals surface area (Å²) < 4.78 is 5.48. The van der Waals surface area contributed by atoms with E-state index in [-0.39, 0.29) is 12.5 Å². The highest BCUT2D eigenvalue weighted by Gasteiger charge is 2.30. The molecule has 2 aromatic rings. The molecule has 8 heteroatoms. The lowest BCUT2D eigenvalue weighted by Crippen LogP contribution is -2.39. The number of nitrogens with zero attached hydrogens (tertiary/aromatic N) is 2. The van der Waals surface area contributed by atoms with Gasteiger partial charge in [-0.25, -0.2) is 0 Å². The van der Waals surface area contributed by atoms with Crippen LogP contribution < -0.4 is 10.2 Å². The number of carboxylic acids is 1. The zero-order valence-electron chi connectivity index (χ0n) is 12.0. The molecule has 1 atom stereocenters. The Kier molecular flexibility index (Phi) is 4.33. The van der Waals surface area contributed by atoms with Crippen molar-refractivity contribution in [2.45, 2.75) is 12.3 Å². The predicted molar refractivity (Wildman–Crippen MR) is 86.5 cm³/mol. The number of nitrogens with one attached hydrogen (secondary N) is 1. The van der Waals surface area contributed by atoms with Crippen LogP contribution in [0.5, 0.6) is 0 Å². The van der Waals surface area contributed by atoms with Crippen LogP contribution in [0.1, 0.15) is 17.9 Å². The molecule has 3 rings (SSSR count). The van der Waals surface area contributed by atoms with Gasteiger partial charge in [-0.3, -0.25) is 9.59 Å². The first kappa shape index (κ1) is 15.5. The zero-order chi connectivity index (χ0) is 16.4. The molecular formula is C15H14BrN3O4. The molecule has 23 heavy (non-hydrogen) atoms. The number of aliphatic carboxylic acids is 1. The van der Waals surface area contributed by atoms with Gasteiger partial charge in [-0.15, -0.1) is 0 Å². The molecule has 0 spiro atoms. The maximum Gasteiger partial charge on any atom is 0.311 e. The minimum absolute atomic E-state index is 0.119. The van der Waals surface area contributed by atoms with Gasteiger partial charge in [-0.05, 0) is 30.2 Å². The number of aromatic nitrogens is 1. The second-order valence-corrected chi connectivity index (χ2v) is 6.15. The number of benzene rings is 1. The van der Waals surface area contributed by atoms with Crippen LogP contribution in [0.3, 0.4) is 0 Å². The quantitative estimate of drug-likeness (QED) is 0.846. The first-order valence-electron chi connectivity index (χ1n) is 7.02. The first-order valence-corrected chi connectivity index (χ1v) is 7.81. The summed E-state index contributed by atoms with van der Waals surface area (Å²) in [5.74, 6) is -1.29. The minimum atomic E-state index is -0.851. The van der Waals surface area contributed by atoms with E-state index in [2.05, 4.69) is 30.9 Å². The van der Waals surface area contributed by atoms with E-state index < -0.39 is 11.9 Å². The maximum atomic E-state index is 12.1. The molecule has 1 aromatic heterocycles. The number of carbonyl (C=O) groups is 2. The highest BCUT2D eigenvalue weighted by atomic mass is 79.9. The summed E-state index contributed by atoms with van der Waals surface area (Å²) in [5.41, 5.74) is 1.48. The van der Waals surface area contributed by atoms with Crippen LogP contribution in [-0.2, 0) is 9.59 Å². The van der Waals surface area contributed by atoms with Gasteiger partial charge in [-0.2, -0.15) is 0 Å². The molecule has 0 saturated heterocycles. The number of carboxylic acid groups (broad SMARTS) is 1. The fraction of sp³-hybridized carbons (Fsp3) is 0.267. The Bertz CT molecular complexity index is 732. The van der Waals surface area contributed by atoms with Gasteiger partial charge < -0.3 is 19.8 Å². The summed E-state index contributed by atoms with van der Waals surface area (Å²) in [5, 5.41) is 15.6. The monoisotopic (exact) mass is 379 g/mol. The van der Waals surface area contributed by atoms with Gasteiger partial charge in [0.15, 0.2) is 5.82 Å². The van der Waals surface area contributed by atoms with Gasteiger partial charge in [0.1, 0.15) is 6.26 Å². The second-order valence-electron chi connectivity index (χ2n) is 5.24. The Morgan fingerprint density at radius 1 is 1.43 bits per heavy atom. The second kappa shape index (κ2) is 6.41. The summed E-state index contributed by atoms with van der Waals surface area (Å²) in [6.45, 7) is 0.617. The number of hydrogen-bond acceptors (Lipinski definition) is 5. The summed E-state index contributed by atoms with van der Waals surface area (Å²) in [7, 11) is 0. The number of amides is 1. The van der Waals surface area contributed by atoms with Crippen LogP contribution >= 0.6 is 15.9 Å². The van der Waals surface area contributed by atoms with Gasteiger partial charge in [-0.1, -0.05) is 21.1 Å². The van der Waals surface area contributed by atoms with Gasteiger partial charge in [0.25, 0.3) is 0 Å². The molecule has 2 N–H and O–H groups in total. The molecule has 0 bridgehead atoms. The Hall–Kier alpha value is -2.35. The molecule has 2 heterocycles. The van der Waals surface area contributed by atoms with Crippen molar-refractivity contribution in [1.82, 2.24) is 5.16 Å². The molecule has 0 aliphatic carbocycles. The molecule has 0 fully saturated rings. The van der Waals surface area contributed by atoms with Crippen molar-refractivity contribution >= 4 is 39.3 Å². The topological polar surface area (TPSA) is 95.7 Å². The molecule has 1 aliphatic rings. The van der Waals surface area contributed by atoms with E-state index in [0.29, 0.717) is 24.3 Å². The van der Waals surface area contributed by atoms with Crippen molar-refractivity contribution in [2.24, 2.45) is 0 Å². The van der Waals surface area contributed by atoms with E-state index in [1.807, 2.05) is 17.0 Å². The number of anilines is 2. The molecule has 1 aliphatic heterocycles. The summed E-state index contributed by atoms with van der Waals surface area (Å²) >= 11 is 3.37. The molecule has 0 unspecified atom stereocenters. The average molecular weight is 380 g/mol. The normalized spacial score (nSPS) is 16.7. The number of hydrogen-bond donors (Lipinski definition) is 2. The smallest absolute Gasteiger partial charge is 0.311 e. The average Bonchev–Trinajstić information content (AvgIpc) is 2.99. The summed E-state index contributed by atoms with van der Waals surface area (Å²) in [4.78, 5) is 25.4. The largest absolute Gasteiger partial charge is 0.481 e. The van der Waals surface area contributed by atoms with E-state index in [1.165, 1.54) is 6.26 Å². The molecule has 0 radical (unpaired) electrons. The fourth-order valence-electron chi connectivity index (χ4n) is 2.71. The third-order valence-electron chi connectivity index (χ3n) is 3.73. The Morgan fingerprint density at radius 2 is 2.26 bits per heavy atom. The number of rotatable bonds is 4. The standard InChI is InChI=1S/C15H14BrN3O4/c16-9-1-2-12-11(7-9)10(15(21)22)3-5-19(12)8-14(20)17-13-4-6-23-18-13/h1-2,4,6-7,10H,3,5,8H2,(H,21,22)(H,17,18,20)/t10-/m1/s1. The first-order chi connectivity index (χ1) is 11.0. The van der Waals surface area contributed by atoms with Crippen LogP contribution in [0.4, 0.5) is 11.5 Å². The van der Waals surface area contributed by atoms with Crippen molar-refractivity contribution in [2.75, 3.05) is 23.3 Å². The van der Waals surface area contributed by atoms with Crippen LogP contribution in [0, 0.1) is 0 Å². The third-order valence-corrected chi connectivity index (χ3v) is 4.22. The molecule has 1 aromatic carbocycles. The van der Waals surface area contributed by atoms with E-state index in [9.17, 15) is 14.7 Å². The molecule has 0 saturated carbocycles. The SMILES string of the molecule is O=C(CN1CC[C@@H](C(=O)O)c2cc(Br)ccc21)Nc1ccon1. The van der Waals surface area contributed by atoms with Crippen molar-refractivity contribution in [3.63, 3.8) is 0 Å². The van der Waals surface area contributed by atoms with Crippen LogP contribution in [0.2, 0.25) is 0 Å². The summed E-state index contributed by atoms with van der Waals surface area (Å²) in [6.07, 6.45) is 1.83. The Labute approximate surface area is 140 Å².